The van der Waals surface area contributed by atoms with Crippen LogP contribution in [0.5, 0.6) is 0 Å². The van der Waals surface area contributed by atoms with E-state index in [1.165, 1.54) is 18.2 Å². The highest BCUT2D eigenvalue weighted by Gasteiger charge is 2.45. The SMILES string of the molecule is Cl.OCC(F)(F)[C@@H](c1cccc(F)c1Br)N1CCNCC1. The molecule has 120 valence electrons. The third kappa shape index (κ3) is 4.10. The van der Waals surface area contributed by atoms with E-state index in [0.717, 1.165) is 0 Å². The number of nitrogens with zero attached hydrogens (tertiary/aromatic N) is 1. The molecule has 1 saturated heterocycles. The summed E-state index contributed by atoms with van der Waals surface area (Å²) in [4.78, 5) is 1.58. The summed E-state index contributed by atoms with van der Waals surface area (Å²) in [5.41, 5.74) is 0.158. The van der Waals surface area contributed by atoms with Gasteiger partial charge in [0.25, 0.3) is 5.92 Å². The molecule has 0 bridgehead atoms. The van der Waals surface area contributed by atoms with Crippen LogP contribution in [0.2, 0.25) is 0 Å². The predicted molar refractivity (Wildman–Crippen MR) is 80.6 cm³/mol. The van der Waals surface area contributed by atoms with Crippen LogP contribution in [0.25, 0.3) is 0 Å². The first-order chi connectivity index (χ1) is 9.47. The second-order valence-electron chi connectivity index (χ2n) is 4.75. The topological polar surface area (TPSA) is 35.5 Å². The zero-order valence-corrected chi connectivity index (χ0v) is 13.6. The second kappa shape index (κ2) is 7.78. The van der Waals surface area contributed by atoms with E-state index in [2.05, 4.69) is 21.2 Å². The third-order valence-corrected chi connectivity index (χ3v) is 4.24. The molecule has 0 radical (unpaired) electrons. The molecule has 1 fully saturated rings. The lowest BCUT2D eigenvalue weighted by atomic mass is 9.98. The van der Waals surface area contributed by atoms with E-state index in [-0.39, 0.29) is 22.4 Å². The molecule has 1 atom stereocenters. The van der Waals surface area contributed by atoms with E-state index < -0.39 is 24.4 Å². The van der Waals surface area contributed by atoms with Gasteiger partial charge in [0.15, 0.2) is 0 Å². The molecule has 1 heterocycles. The second-order valence-corrected chi connectivity index (χ2v) is 5.54. The molecular formula is C13H17BrClF3N2O. The summed E-state index contributed by atoms with van der Waals surface area (Å²) in [6.07, 6.45) is 0. The van der Waals surface area contributed by atoms with Crippen molar-refractivity contribution in [3.05, 3.63) is 34.1 Å². The summed E-state index contributed by atoms with van der Waals surface area (Å²) in [5.74, 6) is -3.93. The number of rotatable bonds is 4. The van der Waals surface area contributed by atoms with Gasteiger partial charge in [-0.25, -0.2) is 13.2 Å². The maximum atomic E-state index is 14.1. The van der Waals surface area contributed by atoms with E-state index in [1.54, 1.807) is 4.90 Å². The Morgan fingerprint density at radius 3 is 2.52 bits per heavy atom. The molecule has 0 unspecified atom stereocenters. The highest BCUT2D eigenvalue weighted by molar-refractivity contribution is 9.10. The first-order valence-corrected chi connectivity index (χ1v) is 7.14. The Balaban J connectivity index is 0.00000220. The van der Waals surface area contributed by atoms with Crippen LogP contribution in [0.3, 0.4) is 0 Å². The molecule has 0 aliphatic carbocycles. The van der Waals surface area contributed by atoms with Gasteiger partial charge in [0.1, 0.15) is 18.5 Å². The van der Waals surface area contributed by atoms with Crippen LogP contribution in [-0.2, 0) is 0 Å². The minimum absolute atomic E-state index is 0. The quantitative estimate of drug-likeness (QED) is 0.831. The number of hydrogen-bond acceptors (Lipinski definition) is 3. The molecule has 8 heteroatoms. The van der Waals surface area contributed by atoms with Crippen molar-refractivity contribution in [3.8, 4) is 0 Å². The number of benzene rings is 1. The van der Waals surface area contributed by atoms with Crippen molar-refractivity contribution in [2.24, 2.45) is 0 Å². The van der Waals surface area contributed by atoms with Gasteiger partial charge in [0.2, 0.25) is 0 Å². The lowest BCUT2D eigenvalue weighted by molar-refractivity contribution is -0.118. The van der Waals surface area contributed by atoms with Crippen LogP contribution in [0.1, 0.15) is 11.6 Å². The summed E-state index contributed by atoms with van der Waals surface area (Å²) < 4.78 is 41.9. The lowest BCUT2D eigenvalue weighted by Gasteiger charge is -2.39. The minimum Gasteiger partial charge on any atom is -0.390 e. The van der Waals surface area contributed by atoms with Gasteiger partial charge >= 0.3 is 0 Å². The van der Waals surface area contributed by atoms with Gasteiger partial charge in [-0.05, 0) is 27.6 Å². The van der Waals surface area contributed by atoms with Gasteiger partial charge in [0.05, 0.1) is 4.47 Å². The fourth-order valence-corrected chi connectivity index (χ4v) is 2.93. The normalized spacial score (nSPS) is 18.1. The fourth-order valence-electron chi connectivity index (χ4n) is 2.45. The van der Waals surface area contributed by atoms with E-state index in [1.807, 2.05) is 0 Å². The van der Waals surface area contributed by atoms with Crippen molar-refractivity contribution in [2.45, 2.75) is 12.0 Å². The molecule has 1 aliphatic rings. The highest BCUT2D eigenvalue weighted by atomic mass is 79.9. The molecule has 0 aromatic heterocycles. The summed E-state index contributed by atoms with van der Waals surface area (Å²) >= 11 is 3.04. The van der Waals surface area contributed by atoms with Gasteiger partial charge < -0.3 is 10.4 Å². The lowest BCUT2D eigenvalue weighted by Crippen LogP contribution is -2.51. The number of hydrogen-bond donors (Lipinski definition) is 2. The molecule has 21 heavy (non-hydrogen) atoms. The zero-order valence-electron chi connectivity index (χ0n) is 11.2. The molecular weight excluding hydrogens is 373 g/mol. The molecule has 2 N–H and O–H groups in total. The Morgan fingerprint density at radius 2 is 1.95 bits per heavy atom. The van der Waals surface area contributed by atoms with Gasteiger partial charge in [-0.15, -0.1) is 12.4 Å². The molecule has 1 aliphatic heterocycles. The Kier molecular flexibility index (Phi) is 6.93. The Hall–Kier alpha value is -0.340. The van der Waals surface area contributed by atoms with Crippen LogP contribution < -0.4 is 5.32 Å². The summed E-state index contributed by atoms with van der Waals surface area (Å²) in [6, 6.07) is 2.72. The number of aliphatic hydroxyl groups is 1. The zero-order chi connectivity index (χ0) is 14.8. The van der Waals surface area contributed by atoms with Gasteiger partial charge in [-0.1, -0.05) is 12.1 Å². The molecule has 2 rings (SSSR count). The predicted octanol–water partition coefficient (Wildman–Crippen LogP) is 2.58. The van der Waals surface area contributed by atoms with Gasteiger partial charge in [-0.2, -0.15) is 0 Å². The van der Waals surface area contributed by atoms with E-state index >= 15 is 0 Å². The van der Waals surface area contributed by atoms with Crippen LogP contribution in [0.4, 0.5) is 13.2 Å². The Bertz CT molecular complexity index is 473. The van der Waals surface area contributed by atoms with Crippen molar-refractivity contribution in [3.63, 3.8) is 0 Å². The number of nitrogens with one attached hydrogen (secondary N) is 1. The molecule has 1 aromatic carbocycles. The number of aliphatic hydroxyl groups excluding tert-OH is 1. The van der Waals surface area contributed by atoms with E-state index in [0.29, 0.717) is 26.2 Å². The first-order valence-electron chi connectivity index (χ1n) is 6.34. The average molecular weight is 390 g/mol. The van der Waals surface area contributed by atoms with Crippen molar-refractivity contribution in [1.29, 1.82) is 0 Å². The standard InChI is InChI=1S/C13H16BrF3N2O.ClH/c14-11-9(2-1-3-10(11)15)12(13(16,17)8-20)19-6-4-18-5-7-19;/h1-3,12,18,20H,4-8H2;1H/t12-;/m1./s1. The molecule has 3 nitrogen and oxygen atoms in total. The van der Waals surface area contributed by atoms with Crippen LogP contribution >= 0.6 is 28.3 Å². The van der Waals surface area contributed by atoms with Crippen molar-refractivity contribution >= 4 is 28.3 Å². The maximum Gasteiger partial charge on any atom is 0.289 e. The smallest absolute Gasteiger partial charge is 0.289 e. The van der Waals surface area contributed by atoms with Crippen molar-refractivity contribution in [1.82, 2.24) is 10.2 Å². The number of alkyl halides is 2. The van der Waals surface area contributed by atoms with Gasteiger partial charge in [0, 0.05) is 26.2 Å². The van der Waals surface area contributed by atoms with Crippen LogP contribution in [0.15, 0.2) is 22.7 Å². The van der Waals surface area contributed by atoms with Crippen LogP contribution in [0, 0.1) is 5.82 Å². The van der Waals surface area contributed by atoms with E-state index in [9.17, 15) is 13.2 Å². The van der Waals surface area contributed by atoms with Crippen LogP contribution in [-0.4, -0.2) is 48.7 Å². The van der Waals surface area contributed by atoms with Crippen molar-refractivity contribution < 1.29 is 18.3 Å². The fraction of sp³-hybridized carbons (Fsp3) is 0.538. The third-order valence-electron chi connectivity index (χ3n) is 3.40. The highest BCUT2D eigenvalue weighted by Crippen LogP contribution is 2.40. The Labute approximate surface area is 136 Å². The monoisotopic (exact) mass is 388 g/mol. The number of halogens is 5. The Morgan fingerprint density at radius 1 is 1.33 bits per heavy atom. The maximum absolute atomic E-state index is 14.1. The average Bonchev–Trinajstić information content (AvgIpc) is 2.45. The van der Waals surface area contributed by atoms with Gasteiger partial charge in [-0.3, -0.25) is 4.90 Å². The molecule has 0 amide bonds. The molecule has 0 saturated carbocycles. The molecule has 0 spiro atoms. The first kappa shape index (κ1) is 18.7. The summed E-state index contributed by atoms with van der Waals surface area (Å²) in [5, 5.41) is 12.1. The van der Waals surface area contributed by atoms with E-state index in [4.69, 9.17) is 5.11 Å². The number of piperazine rings is 1. The minimum atomic E-state index is -3.34. The summed E-state index contributed by atoms with van der Waals surface area (Å²) in [6.45, 7) is 0.743. The van der Waals surface area contributed by atoms with Crippen molar-refractivity contribution in [2.75, 3.05) is 32.8 Å². The summed E-state index contributed by atoms with van der Waals surface area (Å²) in [7, 11) is 0. The largest absolute Gasteiger partial charge is 0.390 e. The molecule has 1 aromatic rings.